The van der Waals surface area contributed by atoms with Gasteiger partial charge in [0.05, 0.1) is 6.07 Å². The van der Waals surface area contributed by atoms with E-state index in [2.05, 4.69) is 0 Å². The first-order valence-electron chi connectivity index (χ1n) is 3.43. The fourth-order valence-electron chi connectivity index (χ4n) is 1.04. The Morgan fingerprint density at radius 3 is 2.58 bits per heavy atom. The molecule has 2 aromatic rings. The normalized spacial score (nSPS) is 9.33. The number of benzene rings is 1. The lowest BCUT2D eigenvalue weighted by atomic mass is 10.2. The third kappa shape index (κ3) is 1.48. The first-order valence-corrected chi connectivity index (χ1v) is 3.43. The minimum atomic E-state index is 0. The van der Waals surface area contributed by atoms with Crippen molar-refractivity contribution < 1.29 is 22.2 Å². The Kier molecular flexibility index (Phi) is 2.51. The molecule has 0 radical (unpaired) electrons. The second kappa shape index (κ2) is 3.41. The van der Waals surface area contributed by atoms with Crippen molar-refractivity contribution in [3.8, 4) is 0 Å². The van der Waals surface area contributed by atoms with Crippen LogP contribution < -0.4 is 23.4 Å². The maximum atomic E-state index is 5.46. The van der Waals surface area contributed by atoms with Crippen molar-refractivity contribution in [1.82, 2.24) is 0 Å². The molecule has 0 atom stereocenters. The van der Waals surface area contributed by atoms with E-state index in [1.807, 2.05) is 30.3 Å². The van der Waals surface area contributed by atoms with Gasteiger partial charge in [-0.25, -0.2) is 5.41 Å². The third-order valence-electron chi connectivity index (χ3n) is 1.57. The Bertz CT molecular complexity index is 435. The summed E-state index contributed by atoms with van der Waals surface area (Å²) in [6.07, 6.45) is 0. The molecular formula is C9H8ClNO. The monoisotopic (exact) mass is 181 g/mol. The first-order chi connectivity index (χ1) is 5.36. The molecule has 0 saturated heterocycles. The second-order valence-corrected chi connectivity index (χ2v) is 2.38. The van der Waals surface area contributed by atoms with Gasteiger partial charge in [0.25, 0.3) is 0 Å². The smallest absolute Gasteiger partial charge is 0.364 e. The summed E-state index contributed by atoms with van der Waals surface area (Å²) in [4.78, 5) is 0. The standard InChI is InChI=1S/C9H7NO.ClH/c10-9-6-5-7-3-1-2-4-8(7)11-9;/h1-6,10H;1H. The molecule has 0 bridgehead atoms. The number of nitrogens with two attached hydrogens (primary N) is 1. The third-order valence-corrected chi connectivity index (χ3v) is 1.57. The van der Waals surface area contributed by atoms with Crippen LogP contribution in [-0.4, -0.2) is 0 Å². The number of halogens is 1. The van der Waals surface area contributed by atoms with Crippen LogP contribution in [0.15, 0.2) is 40.8 Å². The van der Waals surface area contributed by atoms with Crippen molar-refractivity contribution in [3.05, 3.63) is 42.0 Å². The van der Waals surface area contributed by atoms with Gasteiger partial charge in [-0.15, -0.1) is 0 Å². The molecule has 0 aliphatic heterocycles. The maximum Gasteiger partial charge on any atom is 0.364 e. The highest BCUT2D eigenvalue weighted by Crippen LogP contribution is 2.08. The van der Waals surface area contributed by atoms with Crippen molar-refractivity contribution in [3.63, 3.8) is 0 Å². The summed E-state index contributed by atoms with van der Waals surface area (Å²) >= 11 is 0. The number of fused-ring (bicyclic) bond motifs is 1. The van der Waals surface area contributed by atoms with Crippen molar-refractivity contribution >= 4 is 11.0 Å². The predicted molar refractivity (Wildman–Crippen MR) is 41.3 cm³/mol. The van der Waals surface area contributed by atoms with Gasteiger partial charge in [0.1, 0.15) is 5.58 Å². The molecule has 12 heavy (non-hydrogen) atoms. The molecule has 62 valence electrons. The van der Waals surface area contributed by atoms with E-state index in [0.29, 0.717) is 5.55 Å². The lowest BCUT2D eigenvalue weighted by molar-refractivity contribution is -0.197. The maximum absolute atomic E-state index is 5.46. The van der Waals surface area contributed by atoms with Gasteiger partial charge in [-0.3, -0.25) is 0 Å². The zero-order valence-electron chi connectivity index (χ0n) is 6.33. The average Bonchev–Trinajstić information content (AvgIpc) is 2.04. The van der Waals surface area contributed by atoms with Gasteiger partial charge in [0, 0.05) is 5.39 Å². The van der Waals surface area contributed by atoms with Crippen LogP contribution in [0, 0.1) is 0 Å². The van der Waals surface area contributed by atoms with Gasteiger partial charge in [0.15, 0.2) is 0 Å². The number of rotatable bonds is 0. The van der Waals surface area contributed by atoms with E-state index >= 15 is 0 Å². The molecule has 3 heteroatoms. The van der Waals surface area contributed by atoms with Gasteiger partial charge in [0.2, 0.25) is 0 Å². The molecule has 1 heterocycles. The fourth-order valence-corrected chi connectivity index (χ4v) is 1.04. The van der Waals surface area contributed by atoms with Crippen molar-refractivity contribution in [2.24, 2.45) is 0 Å². The number of hydrogen-bond acceptors (Lipinski definition) is 1. The molecule has 0 spiro atoms. The molecule has 0 aliphatic carbocycles. The second-order valence-electron chi connectivity index (χ2n) is 2.38. The number of para-hydroxylation sites is 1. The van der Waals surface area contributed by atoms with Gasteiger partial charge in [-0.05, 0) is 12.1 Å². The molecule has 0 amide bonds. The Morgan fingerprint density at radius 2 is 1.75 bits per heavy atom. The van der Waals surface area contributed by atoms with E-state index in [-0.39, 0.29) is 12.4 Å². The number of hydrogen-bond donors (Lipinski definition) is 1. The van der Waals surface area contributed by atoms with Crippen LogP contribution in [0.4, 0.5) is 0 Å². The molecule has 0 unspecified atom stereocenters. The zero-order chi connectivity index (χ0) is 7.68. The molecule has 2 rings (SSSR count). The summed E-state index contributed by atoms with van der Waals surface area (Å²) in [6, 6.07) is 11.5. The molecule has 1 aromatic carbocycles. The van der Waals surface area contributed by atoms with Crippen LogP contribution in [0.25, 0.3) is 11.0 Å². The van der Waals surface area contributed by atoms with E-state index in [1.54, 1.807) is 6.07 Å². The quantitative estimate of drug-likeness (QED) is 0.465. The van der Waals surface area contributed by atoms with E-state index in [9.17, 15) is 0 Å². The highest BCUT2D eigenvalue weighted by molar-refractivity contribution is 5.75. The zero-order valence-corrected chi connectivity index (χ0v) is 7.08. The van der Waals surface area contributed by atoms with Crippen LogP contribution in [0.2, 0.25) is 0 Å². The topological polar surface area (TPSA) is 38.7 Å². The first kappa shape index (κ1) is 8.81. The van der Waals surface area contributed by atoms with Crippen LogP contribution in [0.1, 0.15) is 0 Å². The van der Waals surface area contributed by atoms with E-state index in [0.717, 1.165) is 11.0 Å². The van der Waals surface area contributed by atoms with Crippen LogP contribution in [0.3, 0.4) is 0 Å². The van der Waals surface area contributed by atoms with Crippen LogP contribution in [0.5, 0.6) is 0 Å². The minimum Gasteiger partial charge on any atom is -1.00 e. The average molecular weight is 182 g/mol. The van der Waals surface area contributed by atoms with Crippen molar-refractivity contribution in [1.29, 1.82) is 0 Å². The molecule has 2 nitrogen and oxygen atoms in total. The Balaban J connectivity index is 0.000000720. The lowest BCUT2D eigenvalue weighted by Crippen LogP contribution is -3.00. The predicted octanol–water partition coefficient (Wildman–Crippen LogP) is -2.90. The summed E-state index contributed by atoms with van der Waals surface area (Å²) in [5.41, 5.74) is 1.27. The summed E-state index contributed by atoms with van der Waals surface area (Å²) in [5.74, 6) is 0. The Hall–Kier alpha value is -1.28. The molecular weight excluding hydrogens is 174 g/mol. The Morgan fingerprint density at radius 1 is 1.00 bits per heavy atom. The minimum absolute atomic E-state index is 0. The molecule has 1 aromatic heterocycles. The SMILES string of the molecule is [Cl-].[NH2+]=c1ccc2ccccc2o1. The summed E-state index contributed by atoms with van der Waals surface area (Å²) in [5, 5.41) is 6.53. The molecule has 0 aliphatic rings. The van der Waals surface area contributed by atoms with Crippen molar-refractivity contribution in [2.75, 3.05) is 0 Å². The Labute approximate surface area is 75.8 Å². The molecule has 0 saturated carbocycles. The summed E-state index contributed by atoms with van der Waals surface area (Å²) < 4.78 is 5.24. The summed E-state index contributed by atoms with van der Waals surface area (Å²) in [7, 11) is 0. The van der Waals surface area contributed by atoms with Crippen LogP contribution in [-0.2, 0) is 0 Å². The van der Waals surface area contributed by atoms with E-state index in [4.69, 9.17) is 9.83 Å². The van der Waals surface area contributed by atoms with E-state index < -0.39 is 0 Å². The van der Waals surface area contributed by atoms with E-state index in [1.165, 1.54) is 0 Å². The largest absolute Gasteiger partial charge is 1.00 e. The van der Waals surface area contributed by atoms with Crippen LogP contribution >= 0.6 is 0 Å². The van der Waals surface area contributed by atoms with Gasteiger partial charge >= 0.3 is 5.55 Å². The van der Waals surface area contributed by atoms with Gasteiger partial charge in [-0.2, -0.15) is 0 Å². The van der Waals surface area contributed by atoms with Crippen molar-refractivity contribution in [2.45, 2.75) is 0 Å². The van der Waals surface area contributed by atoms with Gasteiger partial charge in [-0.1, -0.05) is 18.2 Å². The molecule has 0 fully saturated rings. The highest BCUT2D eigenvalue weighted by atomic mass is 35.5. The lowest BCUT2D eigenvalue weighted by Gasteiger charge is -1.90. The fraction of sp³-hybridized carbons (Fsp3) is 0. The highest BCUT2D eigenvalue weighted by Gasteiger charge is 1.92. The van der Waals surface area contributed by atoms with Gasteiger partial charge < -0.3 is 16.8 Å². The summed E-state index contributed by atoms with van der Waals surface area (Å²) in [6.45, 7) is 0. The molecule has 2 N–H and O–H groups in total.